The van der Waals surface area contributed by atoms with Gasteiger partial charge in [0.1, 0.15) is 18.3 Å². The zero-order valence-electron chi connectivity index (χ0n) is 25.3. The van der Waals surface area contributed by atoms with E-state index in [0.29, 0.717) is 32.5 Å². The molecule has 0 spiro atoms. The van der Waals surface area contributed by atoms with Crippen molar-refractivity contribution in [1.29, 1.82) is 0 Å². The summed E-state index contributed by atoms with van der Waals surface area (Å²) in [5.74, 6) is 0. The van der Waals surface area contributed by atoms with Gasteiger partial charge in [0.25, 0.3) is 0 Å². The van der Waals surface area contributed by atoms with E-state index < -0.39 is 62.4 Å². The molecule has 0 bridgehead atoms. The number of alkyl halides is 6. The Morgan fingerprint density at radius 1 is 0.800 bits per heavy atom. The molecule has 0 amide bonds. The summed E-state index contributed by atoms with van der Waals surface area (Å²) in [4.78, 5) is 0. The van der Waals surface area contributed by atoms with Gasteiger partial charge in [-0.25, -0.2) is 0 Å². The van der Waals surface area contributed by atoms with Gasteiger partial charge in [0.05, 0.1) is 39.6 Å². The molecule has 5 atom stereocenters. The van der Waals surface area contributed by atoms with Crippen LogP contribution in [0.3, 0.4) is 0 Å². The van der Waals surface area contributed by atoms with Crippen molar-refractivity contribution in [2.45, 2.75) is 76.5 Å². The first-order valence-electron chi connectivity index (χ1n) is 13.2. The molecule has 2 fully saturated rings. The van der Waals surface area contributed by atoms with Crippen LogP contribution in [-0.4, -0.2) is 154 Å². The van der Waals surface area contributed by atoms with Crippen molar-refractivity contribution in [2.75, 3.05) is 63.2 Å². The summed E-state index contributed by atoms with van der Waals surface area (Å²) < 4.78 is 149. The molecule has 0 aromatic rings. The van der Waals surface area contributed by atoms with Crippen LogP contribution in [0.25, 0.3) is 0 Å². The minimum atomic E-state index is -6.02. The number of aliphatic hydroxyl groups is 2. The van der Waals surface area contributed by atoms with Crippen LogP contribution in [-0.2, 0) is 55.6 Å². The standard InChI is InChI=1S/C10H20O5.C7H14O3.C2H2F3O2S.C2H6O.CHF3O3S.Sn/c1-3-13-8(2)14-5-9(11)4-12-6-10-7-15-10;1-3-8-6(2)9-4-7-5-10-7;1-8(6,7)2(3,4)5;1-2-3;2-1(3,4)8(5,6)7;/h8-11H,3-7H2,1-2H3;6-7H,3-5H2,1-2H3;1H2;3H,2H2,1H3;(H,5,6,7);/q;;;;;+1/p-1. The van der Waals surface area contributed by atoms with Crippen LogP contribution in [0, 0.1) is 0 Å². The van der Waals surface area contributed by atoms with E-state index in [1.165, 1.54) is 0 Å². The molecular formula is C22H42F6O14S2Sn. The summed E-state index contributed by atoms with van der Waals surface area (Å²) in [5.41, 5.74) is -11.4. The molecule has 0 aromatic carbocycles. The molecule has 23 heteroatoms. The van der Waals surface area contributed by atoms with Gasteiger partial charge < -0.3 is 43.4 Å². The van der Waals surface area contributed by atoms with Crippen molar-refractivity contribution >= 4 is 41.5 Å². The second-order valence-electron chi connectivity index (χ2n) is 8.46. The summed E-state index contributed by atoms with van der Waals surface area (Å²) in [5, 5.41) is 17.0. The molecule has 5 unspecified atom stereocenters. The Kier molecular flexibility index (Phi) is 25.2. The second kappa shape index (κ2) is 24.1. The number of hydrogen-bond acceptors (Lipinski definition) is 14. The fraction of sp³-hybridized carbons (Fsp3) is 1.00. The molecule has 45 heavy (non-hydrogen) atoms. The summed E-state index contributed by atoms with van der Waals surface area (Å²) in [6.45, 7) is 14.1. The molecular weight excluding hydrogens is 785 g/mol. The minimum absolute atomic E-state index is 0.0887. The number of rotatable bonds is 18. The van der Waals surface area contributed by atoms with Crippen molar-refractivity contribution < 1.29 is 89.1 Å². The third kappa shape index (κ3) is 26.5. The predicted octanol–water partition coefficient (Wildman–Crippen LogP) is 1.31. The van der Waals surface area contributed by atoms with Crippen LogP contribution in [0.4, 0.5) is 26.3 Å². The molecule has 14 nitrogen and oxygen atoms in total. The number of halogens is 6. The zero-order chi connectivity index (χ0) is 35.3. The van der Waals surface area contributed by atoms with Gasteiger partial charge in [-0.1, -0.05) is 0 Å². The van der Waals surface area contributed by atoms with Gasteiger partial charge in [0.15, 0.2) is 12.6 Å². The number of hydrogen-bond donors (Lipinski definition) is 2. The topological polar surface area (TPSA) is 189 Å². The van der Waals surface area contributed by atoms with Crippen LogP contribution in [0.1, 0.15) is 34.6 Å². The van der Waals surface area contributed by atoms with Crippen molar-refractivity contribution in [3.63, 3.8) is 0 Å². The third-order valence-electron chi connectivity index (χ3n) is 4.32. The Morgan fingerprint density at radius 3 is 1.64 bits per heavy atom. The van der Waals surface area contributed by atoms with Gasteiger partial charge in [-0.3, -0.25) is 0 Å². The van der Waals surface area contributed by atoms with E-state index in [-0.39, 0.29) is 38.5 Å². The fourth-order valence-electron chi connectivity index (χ4n) is 2.08. The van der Waals surface area contributed by atoms with Crippen LogP contribution < -0.4 is 0 Å². The summed E-state index contributed by atoms with van der Waals surface area (Å²) >= 11 is -3.36. The maximum absolute atomic E-state index is 11.7. The summed E-state index contributed by atoms with van der Waals surface area (Å²) in [7, 11) is -11.7. The molecule has 2 aliphatic heterocycles. The van der Waals surface area contributed by atoms with Crippen LogP contribution in [0.2, 0.25) is 0 Å². The van der Waals surface area contributed by atoms with Gasteiger partial charge in [-0.2, -0.15) is 0 Å². The maximum atomic E-state index is 11.7. The van der Waals surface area contributed by atoms with Crippen LogP contribution >= 0.6 is 0 Å². The molecule has 2 heterocycles. The molecule has 2 rings (SSSR count). The molecule has 0 aliphatic carbocycles. The van der Waals surface area contributed by atoms with Gasteiger partial charge in [-0.05, 0) is 34.6 Å². The Morgan fingerprint density at radius 2 is 1.24 bits per heavy atom. The molecule has 2 radical (unpaired) electrons. The first-order chi connectivity index (χ1) is 20.7. The van der Waals surface area contributed by atoms with E-state index in [1.54, 1.807) is 13.8 Å². The van der Waals surface area contributed by atoms with E-state index in [1.807, 2.05) is 20.8 Å². The SMILES string of the molecule is CCO.CCOC(C)OCC(O)COCC1CO1.CCOC(C)OCC1CO1.O=S(=O)([CH2][Sn][O]S(=O)(=O)C(F)(F)F)C(F)(F)F. The molecule has 0 saturated carbocycles. The molecule has 2 saturated heterocycles. The monoisotopic (exact) mass is 828 g/mol. The van der Waals surface area contributed by atoms with Gasteiger partial charge in [0.2, 0.25) is 0 Å². The fourth-order valence-corrected chi connectivity index (χ4v) is 8.94. The molecule has 0 aromatic heterocycles. The van der Waals surface area contributed by atoms with Gasteiger partial charge in [-0.15, -0.1) is 0 Å². The Labute approximate surface area is 269 Å². The van der Waals surface area contributed by atoms with Crippen molar-refractivity contribution in [3.8, 4) is 0 Å². The normalized spacial score (nSPS) is 19.8. The third-order valence-corrected chi connectivity index (χ3v) is 13.6. The number of ether oxygens (including phenoxy) is 7. The number of sulfone groups is 1. The zero-order valence-corrected chi connectivity index (χ0v) is 29.8. The van der Waals surface area contributed by atoms with Crippen molar-refractivity contribution in [1.82, 2.24) is 0 Å². The van der Waals surface area contributed by atoms with E-state index in [2.05, 4.69) is 2.52 Å². The Bertz CT molecular complexity index is 905. The summed E-state index contributed by atoms with van der Waals surface area (Å²) in [6.07, 6.45) is -0.402. The van der Waals surface area contributed by atoms with Crippen molar-refractivity contribution in [2.24, 2.45) is 0 Å². The van der Waals surface area contributed by atoms with E-state index in [4.69, 9.17) is 38.3 Å². The molecule has 2 aliphatic rings. The van der Waals surface area contributed by atoms with Crippen LogP contribution in [0.5, 0.6) is 0 Å². The number of epoxide rings is 2. The van der Waals surface area contributed by atoms with Crippen molar-refractivity contribution in [3.05, 3.63) is 0 Å². The van der Waals surface area contributed by atoms with E-state index >= 15 is 0 Å². The van der Waals surface area contributed by atoms with E-state index in [0.717, 1.165) is 13.2 Å². The Balaban J connectivity index is 0. The first kappa shape index (κ1) is 47.0. The molecule has 272 valence electrons. The summed E-state index contributed by atoms with van der Waals surface area (Å²) in [6, 6.07) is 0. The average molecular weight is 827 g/mol. The second-order valence-corrected chi connectivity index (χ2v) is 16.7. The predicted molar refractivity (Wildman–Crippen MR) is 145 cm³/mol. The quantitative estimate of drug-likeness (QED) is 0.0662. The first-order valence-corrected chi connectivity index (χ1v) is 19.5. The van der Waals surface area contributed by atoms with Gasteiger partial charge in [0, 0.05) is 19.8 Å². The van der Waals surface area contributed by atoms with E-state index in [9.17, 15) is 48.3 Å². The van der Waals surface area contributed by atoms with Gasteiger partial charge >= 0.3 is 102 Å². The molecule has 2 N–H and O–H groups in total. The average Bonchev–Trinajstić information content (AvgIpc) is 3.82. The number of aliphatic hydroxyl groups excluding tert-OH is 2. The van der Waals surface area contributed by atoms with Crippen LogP contribution in [0.15, 0.2) is 0 Å². The Hall–Kier alpha value is -0.121.